The second-order valence-corrected chi connectivity index (χ2v) is 5.94. The molecule has 1 saturated heterocycles. The Balaban J connectivity index is 1.31. The van der Waals surface area contributed by atoms with Crippen LogP contribution in [0, 0.1) is 5.92 Å². The first-order chi connectivity index (χ1) is 10.8. The number of fused-ring (bicyclic) bond motifs is 1. The number of ether oxygens (including phenoxy) is 1. The van der Waals surface area contributed by atoms with Crippen LogP contribution in [0.4, 0.5) is 0 Å². The van der Waals surface area contributed by atoms with E-state index < -0.39 is 0 Å². The molecule has 1 heterocycles. The van der Waals surface area contributed by atoms with Gasteiger partial charge in [-0.3, -0.25) is 4.79 Å². The number of hydrogen-bond acceptors (Lipinski definition) is 5. The summed E-state index contributed by atoms with van der Waals surface area (Å²) in [5, 5.41) is 3.03. The molecule has 1 aromatic rings. The molecule has 1 aliphatic carbocycles. The molecule has 3 atom stereocenters. The number of carbonyl (C=O) groups is 1. The minimum Gasteiger partial charge on any atom is -0.494 e. The van der Waals surface area contributed by atoms with Gasteiger partial charge >= 0.3 is 0 Å². The van der Waals surface area contributed by atoms with Crippen molar-refractivity contribution in [3.63, 3.8) is 0 Å². The Morgan fingerprint density at radius 3 is 2.86 bits per heavy atom. The third kappa shape index (κ3) is 3.97. The number of benzene rings is 1. The van der Waals surface area contributed by atoms with Gasteiger partial charge in [0.15, 0.2) is 0 Å². The molecule has 3 rings (SSSR count). The van der Waals surface area contributed by atoms with Crippen LogP contribution in [0.1, 0.15) is 25.7 Å². The fraction of sp³-hybridized carbons (Fsp3) is 0.562. The third-order valence-corrected chi connectivity index (χ3v) is 4.37. The normalized spacial score (nSPS) is 27.2. The van der Waals surface area contributed by atoms with Gasteiger partial charge in [-0.05, 0) is 37.8 Å². The van der Waals surface area contributed by atoms with Crippen molar-refractivity contribution < 1.29 is 9.53 Å². The van der Waals surface area contributed by atoms with Crippen molar-refractivity contribution in [2.24, 2.45) is 5.92 Å². The molecule has 6 heteroatoms. The number of nitrogens with one attached hydrogen (secondary N) is 4. The van der Waals surface area contributed by atoms with Crippen LogP contribution >= 0.6 is 0 Å². The van der Waals surface area contributed by atoms with Crippen LogP contribution in [0.5, 0.6) is 5.75 Å². The Hall–Kier alpha value is -1.63. The highest BCUT2D eigenvalue weighted by molar-refractivity contribution is 5.78. The summed E-state index contributed by atoms with van der Waals surface area (Å²) in [6, 6.07) is 10.5. The highest BCUT2D eigenvalue weighted by atomic mass is 16.5. The Labute approximate surface area is 130 Å². The van der Waals surface area contributed by atoms with Gasteiger partial charge in [0.1, 0.15) is 5.75 Å². The second kappa shape index (κ2) is 7.58. The molecular weight excluding hydrogens is 280 g/mol. The molecule has 1 amide bonds. The molecule has 1 aliphatic heterocycles. The molecule has 1 saturated carbocycles. The van der Waals surface area contributed by atoms with Crippen LogP contribution in [0.2, 0.25) is 0 Å². The molecule has 0 aromatic heterocycles. The summed E-state index contributed by atoms with van der Waals surface area (Å²) in [5.41, 5.74) is 9.31. The monoisotopic (exact) mass is 304 g/mol. The van der Waals surface area contributed by atoms with E-state index in [4.69, 9.17) is 4.74 Å². The van der Waals surface area contributed by atoms with Crippen molar-refractivity contribution in [2.75, 3.05) is 13.2 Å². The summed E-state index contributed by atoms with van der Waals surface area (Å²) >= 11 is 0. The Kier molecular flexibility index (Phi) is 5.26. The van der Waals surface area contributed by atoms with Gasteiger partial charge in [-0.1, -0.05) is 18.2 Å². The number of amides is 1. The Morgan fingerprint density at radius 2 is 2.00 bits per heavy atom. The summed E-state index contributed by atoms with van der Waals surface area (Å²) in [6.07, 6.45) is 3.68. The Morgan fingerprint density at radius 1 is 1.18 bits per heavy atom. The lowest BCUT2D eigenvalue weighted by Gasteiger charge is -2.29. The SMILES string of the molecule is O=C(NCCCOc1ccccc1)C1CCC2NNNC2C1. The molecule has 4 N–H and O–H groups in total. The summed E-state index contributed by atoms with van der Waals surface area (Å²) < 4.78 is 5.61. The topological polar surface area (TPSA) is 74.4 Å². The van der Waals surface area contributed by atoms with Crippen LogP contribution in [-0.2, 0) is 4.79 Å². The lowest BCUT2D eigenvalue weighted by Crippen LogP contribution is -2.44. The highest BCUT2D eigenvalue weighted by Crippen LogP contribution is 2.25. The standard InChI is InChI=1S/C16H24N4O2/c21-16(12-7-8-14-15(11-12)19-20-18-14)17-9-4-10-22-13-5-2-1-3-6-13/h1-3,5-6,12,14-15,18-20H,4,7-11H2,(H,17,21). The average molecular weight is 304 g/mol. The van der Waals surface area contributed by atoms with Crippen LogP contribution in [0.15, 0.2) is 30.3 Å². The van der Waals surface area contributed by atoms with E-state index in [1.807, 2.05) is 30.3 Å². The predicted octanol–water partition coefficient (Wildman–Crippen LogP) is 0.721. The summed E-state index contributed by atoms with van der Waals surface area (Å²) in [7, 11) is 0. The summed E-state index contributed by atoms with van der Waals surface area (Å²) in [4.78, 5) is 12.2. The van der Waals surface area contributed by atoms with Gasteiger partial charge in [0.25, 0.3) is 0 Å². The lowest BCUT2D eigenvalue weighted by atomic mass is 9.82. The zero-order valence-corrected chi connectivity index (χ0v) is 12.7. The first kappa shape index (κ1) is 15.3. The van der Waals surface area contributed by atoms with Crippen molar-refractivity contribution in [3.8, 4) is 5.75 Å². The van der Waals surface area contributed by atoms with E-state index in [1.54, 1.807) is 0 Å². The first-order valence-corrected chi connectivity index (χ1v) is 8.04. The third-order valence-electron chi connectivity index (χ3n) is 4.37. The van der Waals surface area contributed by atoms with Crippen LogP contribution in [0.25, 0.3) is 0 Å². The quantitative estimate of drug-likeness (QED) is 0.583. The Bertz CT molecular complexity index is 482. The summed E-state index contributed by atoms with van der Waals surface area (Å²) in [6.45, 7) is 1.29. The van der Waals surface area contributed by atoms with E-state index >= 15 is 0 Å². The fourth-order valence-corrected chi connectivity index (χ4v) is 3.10. The molecule has 0 spiro atoms. The molecule has 1 aromatic carbocycles. The highest BCUT2D eigenvalue weighted by Gasteiger charge is 2.36. The van der Waals surface area contributed by atoms with E-state index in [9.17, 15) is 4.79 Å². The van der Waals surface area contributed by atoms with Gasteiger partial charge in [0.2, 0.25) is 5.91 Å². The number of hydrogen-bond donors (Lipinski definition) is 4. The molecule has 3 unspecified atom stereocenters. The minimum atomic E-state index is 0.116. The maximum absolute atomic E-state index is 12.2. The lowest BCUT2D eigenvalue weighted by molar-refractivity contribution is -0.126. The van der Waals surface area contributed by atoms with Crippen molar-refractivity contribution in [1.82, 2.24) is 21.7 Å². The van der Waals surface area contributed by atoms with Crippen LogP contribution < -0.4 is 26.4 Å². The number of hydrazine groups is 2. The molecule has 2 aliphatic rings. The zero-order valence-electron chi connectivity index (χ0n) is 12.7. The smallest absolute Gasteiger partial charge is 0.223 e. The van der Waals surface area contributed by atoms with E-state index in [-0.39, 0.29) is 11.8 Å². The van der Waals surface area contributed by atoms with E-state index in [2.05, 4.69) is 21.7 Å². The minimum absolute atomic E-state index is 0.116. The van der Waals surface area contributed by atoms with Crippen molar-refractivity contribution in [3.05, 3.63) is 30.3 Å². The maximum atomic E-state index is 12.2. The summed E-state index contributed by atoms with van der Waals surface area (Å²) in [5.74, 6) is 1.16. The molecule has 6 nitrogen and oxygen atoms in total. The largest absolute Gasteiger partial charge is 0.494 e. The number of carbonyl (C=O) groups excluding carboxylic acids is 1. The molecule has 2 fully saturated rings. The molecule has 0 radical (unpaired) electrons. The van der Waals surface area contributed by atoms with E-state index in [0.717, 1.165) is 31.4 Å². The molecule has 22 heavy (non-hydrogen) atoms. The van der Waals surface area contributed by atoms with Crippen LogP contribution in [0.3, 0.4) is 0 Å². The van der Waals surface area contributed by atoms with Crippen molar-refractivity contribution >= 4 is 5.91 Å². The van der Waals surface area contributed by atoms with Gasteiger partial charge in [-0.15, -0.1) is 0 Å². The second-order valence-electron chi connectivity index (χ2n) is 5.94. The van der Waals surface area contributed by atoms with E-state index in [1.165, 1.54) is 0 Å². The van der Waals surface area contributed by atoms with Gasteiger partial charge in [-0.25, -0.2) is 10.9 Å². The van der Waals surface area contributed by atoms with Crippen LogP contribution in [-0.4, -0.2) is 31.1 Å². The number of para-hydroxylation sites is 1. The molecular formula is C16H24N4O2. The van der Waals surface area contributed by atoms with E-state index in [0.29, 0.717) is 25.2 Å². The molecule has 0 bridgehead atoms. The average Bonchev–Trinajstić information content (AvgIpc) is 3.03. The first-order valence-electron chi connectivity index (χ1n) is 8.04. The predicted molar refractivity (Wildman–Crippen MR) is 83.9 cm³/mol. The van der Waals surface area contributed by atoms with Crippen molar-refractivity contribution in [1.29, 1.82) is 0 Å². The maximum Gasteiger partial charge on any atom is 0.223 e. The molecule has 120 valence electrons. The van der Waals surface area contributed by atoms with Gasteiger partial charge in [0.05, 0.1) is 6.61 Å². The van der Waals surface area contributed by atoms with Crippen molar-refractivity contribution in [2.45, 2.75) is 37.8 Å². The fourth-order valence-electron chi connectivity index (χ4n) is 3.10. The zero-order chi connectivity index (χ0) is 15.2. The van der Waals surface area contributed by atoms with Gasteiger partial charge in [-0.2, -0.15) is 5.53 Å². The number of rotatable bonds is 6. The van der Waals surface area contributed by atoms with Gasteiger partial charge < -0.3 is 10.1 Å². The van der Waals surface area contributed by atoms with Gasteiger partial charge in [0, 0.05) is 24.5 Å².